The standard InChI is InChI=1S/C15H24N2O/c1-11(2)18-14-6-4-12(5-7-14)15-13(10-16)8-9-17(15)3/h4-7,11,13,15H,8-10,16H2,1-3H3. The van der Waals surface area contributed by atoms with Crippen molar-refractivity contribution < 1.29 is 4.74 Å². The molecule has 1 aliphatic rings. The van der Waals surface area contributed by atoms with Gasteiger partial charge in [-0.3, -0.25) is 4.90 Å². The van der Waals surface area contributed by atoms with E-state index in [1.54, 1.807) is 0 Å². The molecule has 3 nitrogen and oxygen atoms in total. The highest BCUT2D eigenvalue weighted by Gasteiger charge is 2.31. The maximum absolute atomic E-state index is 5.87. The maximum Gasteiger partial charge on any atom is 0.119 e. The molecule has 2 unspecified atom stereocenters. The molecule has 2 rings (SSSR count). The van der Waals surface area contributed by atoms with Gasteiger partial charge in [0.1, 0.15) is 5.75 Å². The lowest BCUT2D eigenvalue weighted by molar-refractivity contribution is 0.241. The largest absolute Gasteiger partial charge is 0.491 e. The first-order valence-electron chi connectivity index (χ1n) is 6.78. The molecular weight excluding hydrogens is 224 g/mol. The zero-order chi connectivity index (χ0) is 13.1. The summed E-state index contributed by atoms with van der Waals surface area (Å²) in [6.07, 6.45) is 1.42. The topological polar surface area (TPSA) is 38.5 Å². The lowest BCUT2D eigenvalue weighted by atomic mass is 9.94. The quantitative estimate of drug-likeness (QED) is 0.889. The lowest BCUT2D eigenvalue weighted by Gasteiger charge is -2.25. The number of benzene rings is 1. The summed E-state index contributed by atoms with van der Waals surface area (Å²) in [5.74, 6) is 1.52. The highest BCUT2D eigenvalue weighted by atomic mass is 16.5. The Morgan fingerprint density at radius 2 is 2.00 bits per heavy atom. The van der Waals surface area contributed by atoms with E-state index in [4.69, 9.17) is 10.5 Å². The molecule has 18 heavy (non-hydrogen) atoms. The first-order valence-corrected chi connectivity index (χ1v) is 6.78. The maximum atomic E-state index is 5.87. The summed E-state index contributed by atoms with van der Waals surface area (Å²) in [4.78, 5) is 2.40. The molecule has 1 heterocycles. The molecule has 100 valence electrons. The Morgan fingerprint density at radius 3 is 2.56 bits per heavy atom. The minimum atomic E-state index is 0.224. The molecule has 1 aromatic rings. The van der Waals surface area contributed by atoms with Crippen molar-refractivity contribution in [3.8, 4) is 5.75 Å². The van der Waals surface area contributed by atoms with Gasteiger partial charge in [0, 0.05) is 6.04 Å². The van der Waals surface area contributed by atoms with E-state index >= 15 is 0 Å². The van der Waals surface area contributed by atoms with E-state index in [9.17, 15) is 0 Å². The molecule has 1 fully saturated rings. The minimum Gasteiger partial charge on any atom is -0.491 e. The Morgan fingerprint density at radius 1 is 1.33 bits per heavy atom. The van der Waals surface area contributed by atoms with Crippen molar-refractivity contribution in [2.45, 2.75) is 32.4 Å². The molecule has 0 spiro atoms. The first-order chi connectivity index (χ1) is 8.61. The fraction of sp³-hybridized carbons (Fsp3) is 0.600. The molecule has 0 bridgehead atoms. The summed E-state index contributed by atoms with van der Waals surface area (Å²) in [6.45, 7) is 5.99. The summed E-state index contributed by atoms with van der Waals surface area (Å²) in [5, 5.41) is 0. The number of hydrogen-bond donors (Lipinski definition) is 1. The second-order valence-corrected chi connectivity index (χ2v) is 5.45. The predicted molar refractivity (Wildman–Crippen MR) is 74.7 cm³/mol. The summed E-state index contributed by atoms with van der Waals surface area (Å²) in [5.41, 5.74) is 7.22. The van der Waals surface area contributed by atoms with Crippen molar-refractivity contribution in [3.63, 3.8) is 0 Å². The van der Waals surface area contributed by atoms with Crippen molar-refractivity contribution >= 4 is 0 Å². The van der Waals surface area contributed by atoms with E-state index in [1.807, 2.05) is 13.8 Å². The van der Waals surface area contributed by atoms with Crippen LogP contribution in [0, 0.1) is 5.92 Å². The van der Waals surface area contributed by atoms with E-state index in [0.717, 1.165) is 18.8 Å². The van der Waals surface area contributed by atoms with Gasteiger partial charge in [0.2, 0.25) is 0 Å². The van der Waals surface area contributed by atoms with Gasteiger partial charge in [-0.15, -0.1) is 0 Å². The van der Waals surface area contributed by atoms with E-state index < -0.39 is 0 Å². The second-order valence-electron chi connectivity index (χ2n) is 5.45. The number of nitrogens with two attached hydrogens (primary N) is 1. The van der Waals surface area contributed by atoms with Crippen molar-refractivity contribution in [2.24, 2.45) is 11.7 Å². The van der Waals surface area contributed by atoms with Crippen LogP contribution in [0.5, 0.6) is 5.75 Å². The van der Waals surface area contributed by atoms with E-state index in [1.165, 1.54) is 12.0 Å². The Bertz CT molecular complexity index is 375. The number of rotatable bonds is 4. The average Bonchev–Trinajstić information content (AvgIpc) is 2.71. The van der Waals surface area contributed by atoms with Crippen LogP contribution in [0.2, 0.25) is 0 Å². The second kappa shape index (κ2) is 5.72. The van der Waals surface area contributed by atoms with Gasteiger partial charge >= 0.3 is 0 Å². The zero-order valence-electron chi connectivity index (χ0n) is 11.6. The monoisotopic (exact) mass is 248 g/mol. The van der Waals surface area contributed by atoms with Crippen LogP contribution in [0.3, 0.4) is 0 Å². The van der Waals surface area contributed by atoms with Gasteiger partial charge in [-0.2, -0.15) is 0 Å². The highest BCUT2D eigenvalue weighted by Crippen LogP contribution is 2.35. The normalized spacial score (nSPS) is 24.7. The molecule has 0 saturated carbocycles. The predicted octanol–water partition coefficient (Wildman–Crippen LogP) is 2.43. The van der Waals surface area contributed by atoms with Gasteiger partial charge in [-0.25, -0.2) is 0 Å². The van der Waals surface area contributed by atoms with Gasteiger partial charge in [0.25, 0.3) is 0 Å². The summed E-state index contributed by atoms with van der Waals surface area (Å²) < 4.78 is 5.67. The fourth-order valence-corrected chi connectivity index (χ4v) is 2.82. The number of likely N-dealkylation sites (tertiary alicyclic amines) is 1. The Kier molecular flexibility index (Phi) is 4.25. The van der Waals surface area contributed by atoms with Crippen LogP contribution in [-0.2, 0) is 0 Å². The zero-order valence-corrected chi connectivity index (χ0v) is 11.6. The molecule has 1 aromatic carbocycles. The average molecular weight is 248 g/mol. The number of nitrogens with zero attached hydrogens (tertiary/aromatic N) is 1. The Balaban J connectivity index is 2.13. The molecule has 1 saturated heterocycles. The van der Waals surface area contributed by atoms with Crippen LogP contribution in [0.1, 0.15) is 31.9 Å². The molecule has 2 N–H and O–H groups in total. The molecule has 0 amide bonds. The van der Waals surface area contributed by atoms with Crippen LogP contribution >= 0.6 is 0 Å². The van der Waals surface area contributed by atoms with Gasteiger partial charge in [-0.05, 0) is 64.0 Å². The molecule has 0 aromatic heterocycles. The third kappa shape index (κ3) is 2.85. The third-order valence-corrected chi connectivity index (χ3v) is 3.67. The molecule has 2 atom stereocenters. The van der Waals surface area contributed by atoms with Crippen molar-refractivity contribution in [1.29, 1.82) is 0 Å². The van der Waals surface area contributed by atoms with Crippen LogP contribution in [0.4, 0.5) is 0 Å². The van der Waals surface area contributed by atoms with Crippen LogP contribution < -0.4 is 10.5 Å². The van der Waals surface area contributed by atoms with Gasteiger partial charge in [0.05, 0.1) is 6.10 Å². The first kappa shape index (κ1) is 13.4. The van der Waals surface area contributed by atoms with Gasteiger partial charge in [0.15, 0.2) is 0 Å². The molecule has 0 aliphatic carbocycles. The molecule has 0 radical (unpaired) electrons. The van der Waals surface area contributed by atoms with Gasteiger partial charge < -0.3 is 10.5 Å². The highest BCUT2D eigenvalue weighted by molar-refractivity contribution is 5.30. The minimum absolute atomic E-state index is 0.224. The van der Waals surface area contributed by atoms with Crippen molar-refractivity contribution in [3.05, 3.63) is 29.8 Å². The lowest BCUT2D eigenvalue weighted by Crippen LogP contribution is -2.25. The summed E-state index contributed by atoms with van der Waals surface area (Å²) in [6, 6.07) is 8.94. The van der Waals surface area contributed by atoms with Crippen LogP contribution in [-0.4, -0.2) is 31.1 Å². The molecule has 3 heteroatoms. The SMILES string of the molecule is CC(C)Oc1ccc(C2C(CN)CCN2C)cc1. The summed E-state index contributed by atoms with van der Waals surface area (Å²) in [7, 11) is 2.18. The summed E-state index contributed by atoms with van der Waals surface area (Å²) >= 11 is 0. The Hall–Kier alpha value is -1.06. The van der Waals surface area contributed by atoms with Crippen LogP contribution in [0.25, 0.3) is 0 Å². The Labute approximate surface area is 110 Å². The molecular formula is C15H24N2O. The van der Waals surface area contributed by atoms with Gasteiger partial charge in [-0.1, -0.05) is 12.1 Å². The fourth-order valence-electron chi connectivity index (χ4n) is 2.82. The number of ether oxygens (including phenoxy) is 1. The van der Waals surface area contributed by atoms with Crippen LogP contribution in [0.15, 0.2) is 24.3 Å². The van der Waals surface area contributed by atoms with E-state index in [2.05, 4.69) is 36.2 Å². The van der Waals surface area contributed by atoms with E-state index in [-0.39, 0.29) is 6.10 Å². The van der Waals surface area contributed by atoms with Crippen molar-refractivity contribution in [2.75, 3.05) is 20.1 Å². The number of hydrogen-bond acceptors (Lipinski definition) is 3. The van der Waals surface area contributed by atoms with E-state index in [0.29, 0.717) is 12.0 Å². The van der Waals surface area contributed by atoms with Crippen molar-refractivity contribution in [1.82, 2.24) is 4.90 Å². The smallest absolute Gasteiger partial charge is 0.119 e. The molecule has 1 aliphatic heterocycles. The third-order valence-electron chi connectivity index (χ3n) is 3.67.